The van der Waals surface area contributed by atoms with Gasteiger partial charge in [0, 0.05) is 13.1 Å². The lowest BCUT2D eigenvalue weighted by molar-refractivity contribution is -0.187. The highest BCUT2D eigenvalue weighted by molar-refractivity contribution is 5.78. The van der Waals surface area contributed by atoms with Crippen LogP contribution in [-0.2, 0) is 4.79 Å². The molecule has 3 nitrogen and oxygen atoms in total. The van der Waals surface area contributed by atoms with Gasteiger partial charge in [0.05, 0.1) is 12.5 Å². The molecule has 0 bridgehead atoms. The van der Waals surface area contributed by atoms with Crippen LogP contribution in [0, 0.1) is 11.8 Å². The largest absolute Gasteiger partial charge is 0.393 e. The topological polar surface area (TPSA) is 32.3 Å². The van der Waals surface area contributed by atoms with E-state index in [1.807, 2.05) is 0 Å². The highest BCUT2D eigenvalue weighted by Gasteiger charge is 2.42. The smallest absolute Gasteiger partial charge is 0.341 e. The number of carbonyl (C=O) groups excluding carboxylic acids is 1. The minimum absolute atomic E-state index is 0.142. The first kappa shape index (κ1) is 13.6. The lowest BCUT2D eigenvalue weighted by Gasteiger charge is -2.33. The minimum Gasteiger partial charge on any atom is -0.341 e. The SMILES string of the molecule is O=C(CNCC1CC1)N1CCCC(C(F)(F)F)C1. The highest BCUT2D eigenvalue weighted by Crippen LogP contribution is 2.33. The van der Waals surface area contributed by atoms with Gasteiger partial charge in [0.15, 0.2) is 0 Å². The third-order valence-corrected chi connectivity index (χ3v) is 3.64. The number of likely N-dealkylation sites (tertiary alicyclic amines) is 1. The molecule has 2 rings (SSSR count). The van der Waals surface area contributed by atoms with Gasteiger partial charge in [0.2, 0.25) is 5.91 Å². The number of alkyl halides is 3. The molecule has 6 heteroatoms. The van der Waals surface area contributed by atoms with Gasteiger partial charge in [-0.15, -0.1) is 0 Å². The number of carbonyl (C=O) groups is 1. The minimum atomic E-state index is -4.18. The zero-order valence-electron chi connectivity index (χ0n) is 10.3. The van der Waals surface area contributed by atoms with Crippen LogP contribution in [-0.4, -0.2) is 43.2 Å². The first-order chi connectivity index (χ1) is 8.47. The average molecular weight is 264 g/mol. The summed E-state index contributed by atoms with van der Waals surface area (Å²) in [6.07, 6.45) is -1.20. The molecular weight excluding hydrogens is 245 g/mol. The van der Waals surface area contributed by atoms with E-state index in [1.165, 1.54) is 17.7 Å². The lowest BCUT2D eigenvalue weighted by Crippen LogP contribution is -2.47. The number of halogens is 3. The molecule has 0 aromatic rings. The van der Waals surface area contributed by atoms with Crippen LogP contribution in [0.3, 0.4) is 0 Å². The molecule has 104 valence electrons. The Bertz CT molecular complexity index is 302. The fourth-order valence-corrected chi connectivity index (χ4v) is 2.29. The van der Waals surface area contributed by atoms with Crippen LogP contribution in [0.2, 0.25) is 0 Å². The third-order valence-electron chi connectivity index (χ3n) is 3.64. The lowest BCUT2D eigenvalue weighted by atomic mass is 9.97. The van der Waals surface area contributed by atoms with Crippen LogP contribution in [0.4, 0.5) is 13.2 Å². The summed E-state index contributed by atoms with van der Waals surface area (Å²) in [5.74, 6) is -0.884. The molecule has 1 N–H and O–H groups in total. The van der Waals surface area contributed by atoms with Crippen LogP contribution >= 0.6 is 0 Å². The van der Waals surface area contributed by atoms with E-state index in [1.54, 1.807) is 0 Å². The number of hydrogen-bond acceptors (Lipinski definition) is 2. The van der Waals surface area contributed by atoms with E-state index < -0.39 is 12.1 Å². The standard InChI is InChI=1S/C12H19F3N2O/c13-12(14,15)10-2-1-5-17(8-10)11(18)7-16-6-9-3-4-9/h9-10,16H,1-8H2. The Morgan fingerprint density at radius 1 is 1.28 bits per heavy atom. The van der Waals surface area contributed by atoms with Crippen molar-refractivity contribution in [1.29, 1.82) is 0 Å². The maximum absolute atomic E-state index is 12.6. The van der Waals surface area contributed by atoms with Crippen molar-refractivity contribution in [3.63, 3.8) is 0 Å². The first-order valence-electron chi connectivity index (χ1n) is 6.52. The van der Waals surface area contributed by atoms with Gasteiger partial charge < -0.3 is 10.2 Å². The summed E-state index contributed by atoms with van der Waals surface area (Å²) in [6.45, 7) is 1.26. The van der Waals surface area contributed by atoms with E-state index in [2.05, 4.69) is 5.32 Å². The number of amides is 1. The van der Waals surface area contributed by atoms with E-state index in [0.29, 0.717) is 18.9 Å². The summed E-state index contributed by atoms with van der Waals surface area (Å²) in [4.78, 5) is 13.1. The molecule has 1 saturated carbocycles. The summed E-state index contributed by atoms with van der Waals surface area (Å²) in [5, 5.41) is 3.03. The van der Waals surface area contributed by atoms with E-state index in [0.717, 1.165) is 6.54 Å². The van der Waals surface area contributed by atoms with Gasteiger partial charge >= 0.3 is 6.18 Å². The van der Waals surface area contributed by atoms with Gasteiger partial charge in [-0.25, -0.2) is 0 Å². The van der Waals surface area contributed by atoms with Gasteiger partial charge in [-0.3, -0.25) is 4.79 Å². The summed E-state index contributed by atoms with van der Waals surface area (Å²) in [5.41, 5.74) is 0. The van der Waals surface area contributed by atoms with Gasteiger partial charge in [-0.05, 0) is 38.1 Å². The van der Waals surface area contributed by atoms with E-state index in [-0.39, 0.29) is 25.4 Å². The maximum atomic E-state index is 12.6. The molecule has 0 radical (unpaired) electrons. The number of nitrogens with one attached hydrogen (secondary N) is 1. The van der Waals surface area contributed by atoms with Crippen LogP contribution in [0.15, 0.2) is 0 Å². The van der Waals surface area contributed by atoms with Gasteiger partial charge in [-0.2, -0.15) is 13.2 Å². The second-order valence-corrected chi connectivity index (χ2v) is 5.29. The molecule has 1 amide bonds. The number of hydrogen-bond donors (Lipinski definition) is 1. The molecule has 1 atom stereocenters. The Hall–Kier alpha value is -0.780. The maximum Gasteiger partial charge on any atom is 0.393 e. The van der Waals surface area contributed by atoms with Crippen molar-refractivity contribution in [2.45, 2.75) is 31.9 Å². The molecule has 1 unspecified atom stereocenters. The fraction of sp³-hybridized carbons (Fsp3) is 0.917. The van der Waals surface area contributed by atoms with Crippen molar-refractivity contribution in [2.24, 2.45) is 11.8 Å². The second kappa shape index (κ2) is 5.47. The Morgan fingerprint density at radius 2 is 2.00 bits per heavy atom. The highest BCUT2D eigenvalue weighted by atomic mass is 19.4. The number of piperidine rings is 1. The van der Waals surface area contributed by atoms with Gasteiger partial charge in [0.25, 0.3) is 0 Å². The predicted octanol–water partition coefficient (Wildman–Crippen LogP) is 1.79. The average Bonchev–Trinajstić information content (AvgIpc) is 3.12. The first-order valence-corrected chi connectivity index (χ1v) is 6.52. The van der Waals surface area contributed by atoms with Crippen molar-refractivity contribution in [3.8, 4) is 0 Å². The van der Waals surface area contributed by atoms with Crippen molar-refractivity contribution < 1.29 is 18.0 Å². The predicted molar refractivity (Wildman–Crippen MR) is 61.0 cm³/mol. The molecule has 18 heavy (non-hydrogen) atoms. The summed E-state index contributed by atoms with van der Waals surface area (Å²) in [6, 6.07) is 0. The second-order valence-electron chi connectivity index (χ2n) is 5.29. The number of rotatable bonds is 4. The summed E-state index contributed by atoms with van der Waals surface area (Å²) >= 11 is 0. The van der Waals surface area contributed by atoms with Crippen LogP contribution < -0.4 is 5.32 Å². The van der Waals surface area contributed by atoms with Crippen molar-refractivity contribution >= 4 is 5.91 Å². The molecule has 1 heterocycles. The van der Waals surface area contributed by atoms with Crippen molar-refractivity contribution in [2.75, 3.05) is 26.2 Å². The summed E-state index contributed by atoms with van der Waals surface area (Å²) < 4.78 is 37.8. The molecule has 0 spiro atoms. The number of nitrogens with zero attached hydrogens (tertiary/aromatic N) is 1. The van der Waals surface area contributed by atoms with E-state index in [4.69, 9.17) is 0 Å². The van der Waals surface area contributed by atoms with Gasteiger partial charge in [0.1, 0.15) is 0 Å². The van der Waals surface area contributed by atoms with E-state index >= 15 is 0 Å². The third kappa shape index (κ3) is 3.86. The zero-order valence-corrected chi connectivity index (χ0v) is 10.3. The summed E-state index contributed by atoms with van der Waals surface area (Å²) in [7, 11) is 0. The molecule has 2 aliphatic rings. The van der Waals surface area contributed by atoms with Crippen LogP contribution in [0.1, 0.15) is 25.7 Å². The van der Waals surface area contributed by atoms with Crippen LogP contribution in [0.25, 0.3) is 0 Å². The van der Waals surface area contributed by atoms with Crippen molar-refractivity contribution in [3.05, 3.63) is 0 Å². The fourth-order valence-electron chi connectivity index (χ4n) is 2.29. The quantitative estimate of drug-likeness (QED) is 0.839. The molecule has 1 saturated heterocycles. The molecular formula is C12H19F3N2O. The molecule has 1 aliphatic carbocycles. The monoisotopic (exact) mass is 264 g/mol. The molecule has 1 aliphatic heterocycles. The van der Waals surface area contributed by atoms with E-state index in [9.17, 15) is 18.0 Å². The Labute approximate surface area is 105 Å². The molecule has 2 fully saturated rings. The van der Waals surface area contributed by atoms with Crippen LogP contribution in [0.5, 0.6) is 0 Å². The van der Waals surface area contributed by atoms with Gasteiger partial charge in [-0.1, -0.05) is 0 Å². The Balaban J connectivity index is 1.74. The Kier molecular flexibility index (Phi) is 4.14. The Morgan fingerprint density at radius 3 is 2.61 bits per heavy atom. The van der Waals surface area contributed by atoms with Crippen molar-refractivity contribution in [1.82, 2.24) is 10.2 Å². The zero-order chi connectivity index (χ0) is 13.2. The normalized spacial score (nSPS) is 25.3. The molecule has 0 aromatic carbocycles. The molecule has 0 aromatic heterocycles.